The molecule has 0 aliphatic carbocycles. The van der Waals surface area contributed by atoms with Gasteiger partial charge in [0.25, 0.3) is 0 Å². The number of piperidine rings is 1. The molecule has 19 heavy (non-hydrogen) atoms. The topological polar surface area (TPSA) is 38.5 Å². The summed E-state index contributed by atoms with van der Waals surface area (Å²) in [6.07, 6.45) is 2.46. The molecule has 1 aromatic rings. The summed E-state index contributed by atoms with van der Waals surface area (Å²) in [6, 6.07) is 6.30. The van der Waals surface area contributed by atoms with Gasteiger partial charge in [0, 0.05) is 6.54 Å². The first kappa shape index (κ1) is 16.8. The summed E-state index contributed by atoms with van der Waals surface area (Å²) in [6.45, 7) is 4.17. The van der Waals surface area contributed by atoms with Gasteiger partial charge in [-0.05, 0) is 72.0 Å². The Balaban J connectivity index is 0.00000180. The van der Waals surface area contributed by atoms with Crippen LogP contribution in [0.4, 0.5) is 0 Å². The third-order valence-corrected chi connectivity index (χ3v) is 4.28. The maximum absolute atomic E-state index is 5.71. The summed E-state index contributed by atoms with van der Waals surface area (Å²) in [4.78, 5) is 2.50. The monoisotopic (exact) mass is 348 g/mol. The van der Waals surface area contributed by atoms with Gasteiger partial charge in [-0.25, -0.2) is 0 Å². The maximum Gasteiger partial charge on any atom is 0.133 e. The van der Waals surface area contributed by atoms with Gasteiger partial charge in [-0.15, -0.1) is 12.4 Å². The Labute approximate surface area is 130 Å². The van der Waals surface area contributed by atoms with Crippen LogP contribution < -0.4 is 10.5 Å². The molecule has 1 aliphatic heterocycles. The molecule has 5 heteroatoms. The summed E-state index contributed by atoms with van der Waals surface area (Å²) >= 11 is 3.53. The Kier molecular flexibility index (Phi) is 7.15. The molecule has 0 aromatic heterocycles. The summed E-state index contributed by atoms with van der Waals surface area (Å²) in [7, 11) is 1.69. The maximum atomic E-state index is 5.71. The standard InChI is InChI=1S/C14H21BrN2O.ClH/c1-18-14-3-2-12(8-13(14)15)10-17-6-4-11(9-16)5-7-17;/h2-3,8,11H,4-7,9-10,16H2,1H3;1H. The van der Waals surface area contributed by atoms with Gasteiger partial charge in [0.15, 0.2) is 0 Å². The average Bonchev–Trinajstić information content (AvgIpc) is 2.40. The lowest BCUT2D eigenvalue weighted by Crippen LogP contribution is -2.35. The number of hydrogen-bond donors (Lipinski definition) is 1. The zero-order valence-electron chi connectivity index (χ0n) is 11.3. The number of hydrogen-bond acceptors (Lipinski definition) is 3. The summed E-state index contributed by atoms with van der Waals surface area (Å²) in [5.74, 6) is 1.62. The highest BCUT2D eigenvalue weighted by atomic mass is 79.9. The first-order chi connectivity index (χ1) is 8.72. The van der Waals surface area contributed by atoms with E-state index in [4.69, 9.17) is 10.5 Å². The molecule has 1 heterocycles. The second kappa shape index (κ2) is 8.10. The lowest BCUT2D eigenvalue weighted by atomic mass is 9.97. The van der Waals surface area contributed by atoms with E-state index in [-0.39, 0.29) is 12.4 Å². The number of methoxy groups -OCH3 is 1. The SMILES string of the molecule is COc1ccc(CN2CCC(CN)CC2)cc1Br.Cl. The Morgan fingerprint density at radius 3 is 2.58 bits per heavy atom. The molecule has 1 fully saturated rings. The molecule has 1 aromatic carbocycles. The van der Waals surface area contributed by atoms with Gasteiger partial charge in [0.2, 0.25) is 0 Å². The number of nitrogens with zero attached hydrogens (tertiary/aromatic N) is 1. The van der Waals surface area contributed by atoms with E-state index in [0.29, 0.717) is 0 Å². The van der Waals surface area contributed by atoms with Crippen molar-refractivity contribution in [3.63, 3.8) is 0 Å². The van der Waals surface area contributed by atoms with Gasteiger partial charge in [0.05, 0.1) is 11.6 Å². The van der Waals surface area contributed by atoms with E-state index in [1.54, 1.807) is 7.11 Å². The molecule has 0 spiro atoms. The zero-order valence-corrected chi connectivity index (χ0v) is 13.7. The van der Waals surface area contributed by atoms with Crippen molar-refractivity contribution in [2.24, 2.45) is 11.7 Å². The van der Waals surface area contributed by atoms with Crippen molar-refractivity contribution >= 4 is 28.3 Å². The van der Waals surface area contributed by atoms with Crippen LogP contribution in [0, 0.1) is 5.92 Å². The van der Waals surface area contributed by atoms with Crippen molar-refractivity contribution in [2.45, 2.75) is 19.4 Å². The summed E-state index contributed by atoms with van der Waals surface area (Å²) < 4.78 is 6.27. The molecular formula is C14H22BrClN2O. The number of ether oxygens (including phenoxy) is 1. The molecule has 0 saturated carbocycles. The molecule has 0 unspecified atom stereocenters. The Bertz CT molecular complexity index is 395. The van der Waals surface area contributed by atoms with Crippen molar-refractivity contribution in [1.29, 1.82) is 0 Å². The number of nitrogens with two attached hydrogens (primary N) is 1. The van der Waals surface area contributed by atoms with Crippen LogP contribution in [0.3, 0.4) is 0 Å². The van der Waals surface area contributed by atoms with E-state index in [2.05, 4.69) is 33.0 Å². The van der Waals surface area contributed by atoms with Crippen LogP contribution in [0.5, 0.6) is 5.75 Å². The number of rotatable bonds is 4. The molecule has 2 rings (SSSR count). The van der Waals surface area contributed by atoms with Crippen LogP contribution in [0.15, 0.2) is 22.7 Å². The first-order valence-electron chi connectivity index (χ1n) is 6.47. The van der Waals surface area contributed by atoms with Gasteiger partial charge >= 0.3 is 0 Å². The second-order valence-electron chi connectivity index (χ2n) is 4.92. The fourth-order valence-electron chi connectivity index (χ4n) is 2.45. The third-order valence-electron chi connectivity index (χ3n) is 3.66. The van der Waals surface area contributed by atoms with Gasteiger partial charge in [-0.1, -0.05) is 6.07 Å². The lowest BCUT2D eigenvalue weighted by Gasteiger charge is -2.31. The van der Waals surface area contributed by atoms with Gasteiger partial charge in [-0.3, -0.25) is 4.90 Å². The number of likely N-dealkylation sites (tertiary alicyclic amines) is 1. The van der Waals surface area contributed by atoms with E-state index in [9.17, 15) is 0 Å². The Hall–Kier alpha value is -0.290. The summed E-state index contributed by atoms with van der Waals surface area (Å²) in [5, 5.41) is 0. The van der Waals surface area contributed by atoms with Crippen LogP contribution in [0.2, 0.25) is 0 Å². The molecule has 1 saturated heterocycles. The van der Waals surface area contributed by atoms with E-state index < -0.39 is 0 Å². The Morgan fingerprint density at radius 1 is 1.37 bits per heavy atom. The van der Waals surface area contributed by atoms with Gasteiger partial charge in [-0.2, -0.15) is 0 Å². The Morgan fingerprint density at radius 2 is 2.05 bits per heavy atom. The molecular weight excluding hydrogens is 328 g/mol. The number of halogens is 2. The normalized spacial score (nSPS) is 17.0. The van der Waals surface area contributed by atoms with Crippen LogP contribution >= 0.6 is 28.3 Å². The van der Waals surface area contributed by atoms with Crippen molar-refractivity contribution < 1.29 is 4.74 Å². The largest absolute Gasteiger partial charge is 0.496 e. The minimum Gasteiger partial charge on any atom is -0.496 e. The van der Waals surface area contributed by atoms with E-state index in [0.717, 1.165) is 42.3 Å². The van der Waals surface area contributed by atoms with Crippen LogP contribution in [-0.4, -0.2) is 31.6 Å². The predicted octanol–water partition coefficient (Wildman–Crippen LogP) is 3.05. The summed E-state index contributed by atoms with van der Waals surface area (Å²) in [5.41, 5.74) is 7.04. The van der Waals surface area contributed by atoms with Crippen molar-refractivity contribution in [2.75, 3.05) is 26.7 Å². The molecule has 2 N–H and O–H groups in total. The molecule has 1 aliphatic rings. The fourth-order valence-corrected chi connectivity index (χ4v) is 3.03. The van der Waals surface area contributed by atoms with Crippen LogP contribution in [0.25, 0.3) is 0 Å². The second-order valence-corrected chi connectivity index (χ2v) is 5.78. The minimum atomic E-state index is 0. The highest BCUT2D eigenvalue weighted by Gasteiger charge is 2.18. The van der Waals surface area contributed by atoms with Crippen molar-refractivity contribution in [3.05, 3.63) is 28.2 Å². The third kappa shape index (κ3) is 4.63. The van der Waals surface area contributed by atoms with Crippen molar-refractivity contribution in [1.82, 2.24) is 4.90 Å². The molecule has 0 amide bonds. The molecule has 108 valence electrons. The average molecular weight is 350 g/mol. The lowest BCUT2D eigenvalue weighted by molar-refractivity contribution is 0.180. The first-order valence-corrected chi connectivity index (χ1v) is 7.27. The molecule has 0 radical (unpaired) electrons. The van der Waals surface area contributed by atoms with Crippen LogP contribution in [-0.2, 0) is 6.54 Å². The van der Waals surface area contributed by atoms with Crippen LogP contribution in [0.1, 0.15) is 18.4 Å². The predicted molar refractivity (Wildman–Crippen MR) is 85.0 cm³/mol. The smallest absolute Gasteiger partial charge is 0.133 e. The van der Waals surface area contributed by atoms with Gasteiger partial charge < -0.3 is 10.5 Å². The van der Waals surface area contributed by atoms with Gasteiger partial charge in [0.1, 0.15) is 5.75 Å². The quantitative estimate of drug-likeness (QED) is 0.908. The van der Waals surface area contributed by atoms with E-state index in [1.165, 1.54) is 18.4 Å². The van der Waals surface area contributed by atoms with E-state index >= 15 is 0 Å². The highest BCUT2D eigenvalue weighted by molar-refractivity contribution is 9.10. The number of benzene rings is 1. The zero-order chi connectivity index (χ0) is 13.0. The molecule has 0 bridgehead atoms. The fraction of sp³-hybridized carbons (Fsp3) is 0.571. The van der Waals surface area contributed by atoms with E-state index in [1.807, 2.05) is 6.07 Å². The van der Waals surface area contributed by atoms with Crippen molar-refractivity contribution in [3.8, 4) is 5.75 Å². The highest BCUT2D eigenvalue weighted by Crippen LogP contribution is 2.26. The molecule has 3 nitrogen and oxygen atoms in total. The minimum absolute atomic E-state index is 0. The molecule has 0 atom stereocenters.